The first-order valence-electron chi connectivity index (χ1n) is 21.8. The number of rotatable bonds is 8. The molecule has 1 saturated heterocycles. The Bertz CT molecular complexity index is 2270. The van der Waals surface area contributed by atoms with Crippen molar-refractivity contribution in [1.29, 1.82) is 0 Å². The van der Waals surface area contributed by atoms with Gasteiger partial charge in [0.1, 0.15) is 18.0 Å². The number of nitrogens with one attached hydrogen (secondary N) is 1. The second kappa shape index (κ2) is 15.6. The van der Waals surface area contributed by atoms with Gasteiger partial charge in [-0.2, -0.15) is 8.78 Å². The number of ketones is 1. The van der Waals surface area contributed by atoms with Crippen molar-refractivity contribution in [2.24, 2.45) is 46.3 Å². The summed E-state index contributed by atoms with van der Waals surface area (Å²) in [6, 6.07) is 3.12. The molecule has 4 aliphatic carbocycles. The Morgan fingerprint density at radius 2 is 1.74 bits per heavy atom. The molecule has 1 aromatic carbocycles. The summed E-state index contributed by atoms with van der Waals surface area (Å²) in [5.41, 5.74) is -3.36. The fourth-order valence-corrected chi connectivity index (χ4v) is 11.7. The van der Waals surface area contributed by atoms with Crippen molar-refractivity contribution in [3.8, 4) is 11.6 Å². The number of carbonyl (C=O) groups is 4. The van der Waals surface area contributed by atoms with E-state index in [0.29, 0.717) is 36.8 Å². The molecule has 5 fully saturated rings. The van der Waals surface area contributed by atoms with Crippen molar-refractivity contribution in [1.82, 2.24) is 19.6 Å². The fourth-order valence-electron chi connectivity index (χ4n) is 10.4. The molecule has 2 aromatic rings. The number of carbonyl (C=O) groups excluding carboxylic acids is 4. The molecule has 0 unspecified atom stereocenters. The van der Waals surface area contributed by atoms with E-state index in [0.717, 1.165) is 6.42 Å². The van der Waals surface area contributed by atoms with E-state index in [-0.39, 0.29) is 49.2 Å². The largest absolute Gasteiger partial charge is 0.497 e. The summed E-state index contributed by atoms with van der Waals surface area (Å²) < 4.78 is 107. The van der Waals surface area contributed by atoms with E-state index in [1.165, 1.54) is 31.1 Å². The van der Waals surface area contributed by atoms with Gasteiger partial charge in [0, 0.05) is 30.7 Å². The van der Waals surface area contributed by atoms with Crippen molar-refractivity contribution in [2.45, 2.75) is 141 Å². The predicted octanol–water partition coefficient (Wildman–Crippen LogP) is 6.75. The summed E-state index contributed by atoms with van der Waals surface area (Å²) in [5.74, 6) is -9.97. The number of ether oxygens (including phenoxy) is 3. The van der Waals surface area contributed by atoms with E-state index in [1.54, 1.807) is 33.8 Å². The van der Waals surface area contributed by atoms with Crippen LogP contribution < -0.4 is 14.2 Å². The van der Waals surface area contributed by atoms with Gasteiger partial charge in [-0.3, -0.25) is 23.9 Å². The van der Waals surface area contributed by atoms with Gasteiger partial charge in [-0.1, -0.05) is 34.1 Å². The highest BCUT2D eigenvalue weighted by Gasteiger charge is 2.67. The highest BCUT2D eigenvalue weighted by atomic mass is 32.2. The fraction of sp³-hybridized carbons (Fsp3) is 0.727. The Morgan fingerprint density at radius 3 is 2.39 bits per heavy atom. The zero-order valence-electron chi connectivity index (χ0n) is 35.9. The number of esters is 1. The van der Waals surface area contributed by atoms with Crippen molar-refractivity contribution in [3.63, 3.8) is 0 Å². The summed E-state index contributed by atoms with van der Waals surface area (Å²) in [7, 11) is -2.83. The normalized spacial score (nSPS) is 34.2. The third-order valence-corrected chi connectivity index (χ3v) is 17.0. The standard InChI is InChI=1S/C44H56F4N4O9S/c1-22-33-21-52(35(22)31(53)20-43(19-28(43)37(45)46)40(56)51-62(57,58)42(5)13-14-42)39(55)27(41(2,3)4)18-34(54)60-32-16-23-15-26(23)25(32)9-7-8-12-44(47,48)36-38(61-33)50-30-17-24(59-6)10-11-29(30)49-36/h10-11,17,22-23,25-28,32-33,35,37H,7-9,12-16,18-21H2,1-6H3,(H,51,56)/t22-,23+,25-,26+,27-,28+,32-,33+,35+,43-/m1/s1. The minimum absolute atomic E-state index is 0.0112. The highest BCUT2D eigenvalue weighted by molar-refractivity contribution is 7.91. The van der Waals surface area contributed by atoms with Crippen LogP contribution in [0.2, 0.25) is 0 Å². The minimum Gasteiger partial charge on any atom is -0.497 e. The van der Waals surface area contributed by atoms with E-state index >= 15 is 8.78 Å². The van der Waals surface area contributed by atoms with Crippen molar-refractivity contribution in [3.05, 3.63) is 23.9 Å². The van der Waals surface area contributed by atoms with E-state index in [9.17, 15) is 36.4 Å². The third kappa shape index (κ3) is 8.14. The third-order valence-electron chi connectivity index (χ3n) is 14.9. The van der Waals surface area contributed by atoms with Crippen molar-refractivity contribution in [2.75, 3.05) is 13.7 Å². The average Bonchev–Trinajstić information content (AvgIpc) is 4.15. The van der Waals surface area contributed by atoms with E-state index in [4.69, 9.17) is 14.2 Å². The Hall–Kier alpha value is -4.09. The maximum Gasteiger partial charge on any atom is 0.306 e. The Balaban J connectivity index is 1.18. The number of aromatic nitrogens is 2. The van der Waals surface area contributed by atoms with Gasteiger partial charge in [-0.15, -0.1) is 0 Å². The SMILES string of the molecule is COc1ccc2nc3c(nc2c1)O[C@H]1CN(C(=O)[C@H](C(C)(C)C)CC(=O)O[C@@H]2C[C@@H]4C[C@@H]4[C@H]2CCCCC3(F)F)[C@H](C(=O)C[C@]2(C(=O)NS(=O)(=O)C3(C)CC3)C[C@H]2C(F)F)[C@@H]1C. The van der Waals surface area contributed by atoms with E-state index in [2.05, 4.69) is 9.97 Å². The molecular formula is C44H56F4N4O9S. The number of methoxy groups -OCH3 is 1. The summed E-state index contributed by atoms with van der Waals surface area (Å²) in [5, 5.41) is 0. The van der Waals surface area contributed by atoms with E-state index in [1.807, 2.05) is 4.72 Å². The number of benzene rings is 1. The number of nitrogens with zero attached hydrogens (tertiary/aromatic N) is 3. The molecule has 6 aliphatic rings. The van der Waals surface area contributed by atoms with Crippen LogP contribution in [0.25, 0.3) is 11.0 Å². The molecule has 4 saturated carbocycles. The van der Waals surface area contributed by atoms with Gasteiger partial charge in [-0.05, 0) is 87.2 Å². The molecule has 2 amide bonds. The second-order valence-electron chi connectivity index (χ2n) is 20.2. The van der Waals surface area contributed by atoms with Crippen LogP contribution >= 0.6 is 0 Å². The van der Waals surface area contributed by atoms with Gasteiger partial charge >= 0.3 is 5.97 Å². The van der Waals surface area contributed by atoms with Gasteiger partial charge in [-0.25, -0.2) is 27.2 Å². The number of fused-ring (bicyclic) bond motifs is 7. The summed E-state index contributed by atoms with van der Waals surface area (Å²) >= 11 is 0. The number of amides is 2. The Morgan fingerprint density at radius 1 is 1.02 bits per heavy atom. The first-order valence-corrected chi connectivity index (χ1v) is 23.3. The maximum absolute atomic E-state index is 16.5. The van der Waals surface area contributed by atoms with Gasteiger partial charge in [0.2, 0.25) is 34.1 Å². The number of hydrogen-bond donors (Lipinski definition) is 1. The van der Waals surface area contributed by atoms with Gasteiger partial charge in [0.05, 0.1) is 53.2 Å². The van der Waals surface area contributed by atoms with Crippen molar-refractivity contribution < 1.29 is 59.4 Å². The molecule has 13 nitrogen and oxygen atoms in total. The zero-order chi connectivity index (χ0) is 44.9. The van der Waals surface area contributed by atoms with Crippen LogP contribution in [0.4, 0.5) is 17.6 Å². The monoisotopic (exact) mass is 892 g/mol. The molecule has 340 valence electrons. The highest BCUT2D eigenvalue weighted by Crippen LogP contribution is 2.60. The molecule has 8 rings (SSSR count). The molecule has 0 radical (unpaired) electrons. The molecule has 2 aliphatic heterocycles. The quantitative estimate of drug-likeness (QED) is 0.220. The summed E-state index contributed by atoms with van der Waals surface area (Å²) in [4.78, 5) is 67.4. The molecule has 1 aromatic heterocycles. The van der Waals surface area contributed by atoms with Gasteiger partial charge in [0.15, 0.2) is 11.5 Å². The van der Waals surface area contributed by atoms with Crippen LogP contribution in [0.3, 0.4) is 0 Å². The van der Waals surface area contributed by atoms with Crippen LogP contribution in [0.15, 0.2) is 18.2 Å². The minimum atomic E-state index is -4.27. The van der Waals surface area contributed by atoms with Crippen LogP contribution in [-0.2, 0) is 39.9 Å². The smallest absolute Gasteiger partial charge is 0.306 e. The van der Waals surface area contributed by atoms with Crippen LogP contribution in [0.1, 0.15) is 111 Å². The molecule has 2 bridgehead atoms. The Labute approximate surface area is 358 Å². The number of hydrogen-bond acceptors (Lipinski definition) is 11. The molecule has 3 heterocycles. The van der Waals surface area contributed by atoms with Crippen LogP contribution in [0, 0.1) is 46.3 Å². The molecular weight excluding hydrogens is 837 g/mol. The van der Waals surface area contributed by atoms with Gasteiger partial charge < -0.3 is 19.1 Å². The van der Waals surface area contributed by atoms with E-state index < -0.39 is 128 Å². The molecule has 62 heavy (non-hydrogen) atoms. The van der Waals surface area contributed by atoms with Crippen LogP contribution in [-0.4, -0.2) is 89.9 Å². The Kier molecular flexibility index (Phi) is 11.2. The lowest BCUT2D eigenvalue weighted by Gasteiger charge is -2.35. The van der Waals surface area contributed by atoms with Crippen molar-refractivity contribution >= 4 is 44.6 Å². The number of sulfonamides is 1. The first kappa shape index (κ1) is 44.5. The zero-order valence-corrected chi connectivity index (χ0v) is 36.7. The molecule has 1 N–H and O–H groups in total. The summed E-state index contributed by atoms with van der Waals surface area (Å²) in [6.07, 6.45) is -3.58. The molecule has 10 atom stereocenters. The maximum atomic E-state index is 16.5. The second-order valence-corrected chi connectivity index (χ2v) is 22.4. The van der Waals surface area contributed by atoms with Crippen LogP contribution in [0.5, 0.6) is 11.6 Å². The lowest BCUT2D eigenvalue weighted by Crippen LogP contribution is -2.50. The van der Waals surface area contributed by atoms with Gasteiger partial charge in [0.25, 0.3) is 5.92 Å². The lowest BCUT2D eigenvalue weighted by molar-refractivity contribution is -0.158. The molecule has 18 heteroatoms. The average molecular weight is 893 g/mol. The molecule has 0 spiro atoms. The number of halogens is 4. The first-order chi connectivity index (χ1) is 29.0. The lowest BCUT2D eigenvalue weighted by atomic mass is 9.77. The summed E-state index contributed by atoms with van der Waals surface area (Å²) in [6.45, 7) is 7.90. The number of Topliss-reactive ketones (excluding diaryl/α,β-unsaturated/α-hetero) is 1. The number of alkyl halides is 4. The predicted molar refractivity (Wildman–Crippen MR) is 216 cm³/mol. The topological polar surface area (TPSA) is 171 Å².